The average molecular weight is 271 g/mol. The highest BCUT2D eigenvalue weighted by Gasteiger charge is 2.14. The van der Waals surface area contributed by atoms with Crippen molar-refractivity contribution in [2.45, 2.75) is 20.0 Å². The number of rotatable bonds is 6. The number of aryl methyl sites for hydroxylation is 1. The lowest BCUT2D eigenvalue weighted by molar-refractivity contribution is 0.200. The maximum absolute atomic E-state index is 6.04. The van der Waals surface area contributed by atoms with Crippen molar-refractivity contribution < 1.29 is 9.47 Å². The second kappa shape index (κ2) is 6.96. The first kappa shape index (κ1) is 14.4. The lowest BCUT2D eigenvalue weighted by Gasteiger charge is -2.20. The van der Waals surface area contributed by atoms with Gasteiger partial charge in [0, 0.05) is 6.54 Å². The fraction of sp³-hybridized carbons (Fsp3) is 0.294. The van der Waals surface area contributed by atoms with Crippen molar-refractivity contribution in [1.29, 1.82) is 0 Å². The number of nitrogens with two attached hydrogens (primary N) is 1. The van der Waals surface area contributed by atoms with Gasteiger partial charge >= 0.3 is 0 Å². The molecule has 0 fully saturated rings. The first-order valence-electron chi connectivity index (χ1n) is 6.89. The molecule has 0 bridgehead atoms. The van der Waals surface area contributed by atoms with Gasteiger partial charge in [0.05, 0.1) is 6.61 Å². The zero-order valence-electron chi connectivity index (χ0n) is 12.0. The van der Waals surface area contributed by atoms with E-state index in [1.807, 2.05) is 43.3 Å². The predicted octanol–water partition coefficient (Wildman–Crippen LogP) is 3.47. The number of ether oxygens (including phenoxy) is 2. The van der Waals surface area contributed by atoms with Crippen molar-refractivity contribution in [1.82, 2.24) is 0 Å². The quantitative estimate of drug-likeness (QED) is 0.875. The standard InChI is InChI=1S/C17H21NO2/c1-3-19-15-9-4-5-10-16(15)20-17(12-18)14-8-6-7-13(2)11-14/h4-11,17H,3,12,18H2,1-2H3. The molecule has 0 aliphatic carbocycles. The fourth-order valence-electron chi connectivity index (χ4n) is 2.10. The zero-order chi connectivity index (χ0) is 14.4. The van der Waals surface area contributed by atoms with Crippen molar-refractivity contribution >= 4 is 0 Å². The Morgan fingerprint density at radius 1 is 1.05 bits per heavy atom. The Balaban J connectivity index is 2.22. The summed E-state index contributed by atoms with van der Waals surface area (Å²) in [5.74, 6) is 1.48. The number of hydrogen-bond acceptors (Lipinski definition) is 3. The minimum Gasteiger partial charge on any atom is -0.490 e. The van der Waals surface area contributed by atoms with Gasteiger partial charge in [0.2, 0.25) is 0 Å². The minimum atomic E-state index is -0.170. The van der Waals surface area contributed by atoms with Crippen LogP contribution in [0, 0.1) is 6.92 Å². The predicted molar refractivity (Wildman–Crippen MR) is 81.2 cm³/mol. The van der Waals surface area contributed by atoms with Crippen LogP contribution in [0.15, 0.2) is 48.5 Å². The zero-order valence-corrected chi connectivity index (χ0v) is 12.0. The summed E-state index contributed by atoms with van der Waals surface area (Å²) in [6.45, 7) is 5.05. The minimum absolute atomic E-state index is 0.170. The molecule has 106 valence electrons. The maximum atomic E-state index is 6.04. The van der Waals surface area contributed by atoms with Gasteiger partial charge in [0.25, 0.3) is 0 Å². The Kier molecular flexibility index (Phi) is 5.02. The molecule has 0 spiro atoms. The van der Waals surface area contributed by atoms with E-state index in [-0.39, 0.29) is 6.10 Å². The van der Waals surface area contributed by atoms with E-state index in [9.17, 15) is 0 Å². The molecule has 3 nitrogen and oxygen atoms in total. The highest BCUT2D eigenvalue weighted by Crippen LogP contribution is 2.30. The lowest BCUT2D eigenvalue weighted by atomic mass is 10.1. The summed E-state index contributed by atoms with van der Waals surface area (Å²) < 4.78 is 11.6. The Hall–Kier alpha value is -2.00. The Morgan fingerprint density at radius 2 is 1.80 bits per heavy atom. The fourth-order valence-corrected chi connectivity index (χ4v) is 2.10. The summed E-state index contributed by atoms with van der Waals surface area (Å²) in [5, 5.41) is 0. The number of hydrogen-bond donors (Lipinski definition) is 1. The van der Waals surface area contributed by atoms with Gasteiger partial charge in [0.15, 0.2) is 11.5 Å². The van der Waals surface area contributed by atoms with Gasteiger partial charge in [-0.15, -0.1) is 0 Å². The van der Waals surface area contributed by atoms with E-state index in [4.69, 9.17) is 15.2 Å². The molecule has 3 heteroatoms. The van der Waals surface area contributed by atoms with E-state index in [0.717, 1.165) is 17.1 Å². The molecule has 0 saturated carbocycles. The first-order valence-corrected chi connectivity index (χ1v) is 6.89. The molecule has 2 aromatic carbocycles. The van der Waals surface area contributed by atoms with Crippen LogP contribution in [0.4, 0.5) is 0 Å². The number of para-hydroxylation sites is 2. The van der Waals surface area contributed by atoms with Crippen LogP contribution in [0.5, 0.6) is 11.5 Å². The van der Waals surface area contributed by atoms with E-state index < -0.39 is 0 Å². The largest absolute Gasteiger partial charge is 0.490 e. The summed E-state index contributed by atoms with van der Waals surface area (Å²) in [7, 11) is 0. The summed E-state index contributed by atoms with van der Waals surface area (Å²) >= 11 is 0. The second-order valence-electron chi connectivity index (χ2n) is 4.64. The highest BCUT2D eigenvalue weighted by molar-refractivity contribution is 5.40. The summed E-state index contributed by atoms with van der Waals surface area (Å²) in [5.41, 5.74) is 8.14. The molecule has 0 radical (unpaired) electrons. The molecule has 0 heterocycles. The molecule has 0 saturated heterocycles. The summed E-state index contributed by atoms with van der Waals surface area (Å²) in [6, 6.07) is 15.9. The van der Waals surface area contributed by atoms with Gasteiger partial charge < -0.3 is 15.2 Å². The Bertz CT molecular complexity index is 554. The van der Waals surface area contributed by atoms with Crippen LogP contribution < -0.4 is 15.2 Å². The monoisotopic (exact) mass is 271 g/mol. The van der Waals surface area contributed by atoms with E-state index in [2.05, 4.69) is 19.1 Å². The SMILES string of the molecule is CCOc1ccccc1OC(CN)c1cccc(C)c1. The first-order chi connectivity index (χ1) is 9.74. The Morgan fingerprint density at radius 3 is 2.45 bits per heavy atom. The highest BCUT2D eigenvalue weighted by atomic mass is 16.5. The average Bonchev–Trinajstić information content (AvgIpc) is 2.46. The molecule has 0 amide bonds. The van der Waals surface area contributed by atoms with Gasteiger partial charge in [-0.25, -0.2) is 0 Å². The van der Waals surface area contributed by atoms with Gasteiger partial charge in [-0.2, -0.15) is 0 Å². The molecule has 2 N–H and O–H groups in total. The molecular weight excluding hydrogens is 250 g/mol. The van der Waals surface area contributed by atoms with Crippen LogP contribution in [-0.4, -0.2) is 13.2 Å². The summed E-state index contributed by atoms with van der Waals surface area (Å²) in [4.78, 5) is 0. The van der Waals surface area contributed by atoms with Gasteiger partial charge in [0.1, 0.15) is 6.10 Å². The molecule has 2 aromatic rings. The van der Waals surface area contributed by atoms with Crippen LogP contribution >= 0.6 is 0 Å². The topological polar surface area (TPSA) is 44.5 Å². The number of benzene rings is 2. The van der Waals surface area contributed by atoms with Crippen LogP contribution in [0.1, 0.15) is 24.2 Å². The second-order valence-corrected chi connectivity index (χ2v) is 4.64. The van der Waals surface area contributed by atoms with Gasteiger partial charge in [-0.05, 0) is 31.5 Å². The van der Waals surface area contributed by atoms with Gasteiger partial charge in [-0.3, -0.25) is 0 Å². The molecule has 1 atom stereocenters. The van der Waals surface area contributed by atoms with Crippen molar-refractivity contribution in [3.8, 4) is 11.5 Å². The normalized spacial score (nSPS) is 11.9. The van der Waals surface area contributed by atoms with E-state index in [1.54, 1.807) is 0 Å². The third kappa shape index (κ3) is 3.52. The van der Waals surface area contributed by atoms with Gasteiger partial charge in [-0.1, -0.05) is 42.0 Å². The van der Waals surface area contributed by atoms with Crippen LogP contribution in [0.2, 0.25) is 0 Å². The van der Waals surface area contributed by atoms with E-state index in [1.165, 1.54) is 5.56 Å². The third-order valence-corrected chi connectivity index (χ3v) is 3.05. The van der Waals surface area contributed by atoms with Crippen molar-refractivity contribution in [2.24, 2.45) is 5.73 Å². The van der Waals surface area contributed by atoms with Crippen LogP contribution in [-0.2, 0) is 0 Å². The molecule has 0 aliphatic heterocycles. The van der Waals surface area contributed by atoms with Crippen molar-refractivity contribution in [2.75, 3.05) is 13.2 Å². The van der Waals surface area contributed by atoms with E-state index >= 15 is 0 Å². The molecular formula is C17H21NO2. The van der Waals surface area contributed by atoms with Crippen LogP contribution in [0.25, 0.3) is 0 Å². The molecule has 1 unspecified atom stereocenters. The molecule has 0 aliphatic rings. The lowest BCUT2D eigenvalue weighted by Crippen LogP contribution is -2.18. The molecule has 20 heavy (non-hydrogen) atoms. The van der Waals surface area contributed by atoms with E-state index in [0.29, 0.717) is 13.2 Å². The van der Waals surface area contributed by atoms with Crippen LogP contribution in [0.3, 0.4) is 0 Å². The van der Waals surface area contributed by atoms with Crippen molar-refractivity contribution in [3.63, 3.8) is 0 Å². The summed E-state index contributed by atoms with van der Waals surface area (Å²) in [6.07, 6.45) is -0.170. The smallest absolute Gasteiger partial charge is 0.162 e. The van der Waals surface area contributed by atoms with Crippen molar-refractivity contribution in [3.05, 3.63) is 59.7 Å². The molecule has 0 aromatic heterocycles. The Labute approximate surface area is 120 Å². The maximum Gasteiger partial charge on any atom is 0.162 e. The third-order valence-electron chi connectivity index (χ3n) is 3.05. The molecule has 2 rings (SSSR count).